The quantitative estimate of drug-likeness (QED) is 0.666. The van der Waals surface area contributed by atoms with Gasteiger partial charge in [-0.1, -0.05) is 81.1 Å². The van der Waals surface area contributed by atoms with Crippen LogP contribution in [0.25, 0.3) is 0 Å². The summed E-state index contributed by atoms with van der Waals surface area (Å²) in [5.41, 5.74) is -0.528. The van der Waals surface area contributed by atoms with Crippen molar-refractivity contribution in [2.75, 3.05) is 0 Å². The highest BCUT2D eigenvalue weighted by Gasteiger charge is 2.31. The van der Waals surface area contributed by atoms with Gasteiger partial charge in [-0.3, -0.25) is 0 Å². The first-order valence-electron chi connectivity index (χ1n) is 7.88. The summed E-state index contributed by atoms with van der Waals surface area (Å²) < 4.78 is 37.7. The standard InChI is InChI=1S/C17H24F3Si/c1-13(2)3-4-14-9-11-21(12-10-14)16-7-5-15(6-8-16)17(18,19)20/h5-8,13-14H,3-4,9-12H2,1-2H3. The van der Waals surface area contributed by atoms with Crippen LogP contribution in [0.4, 0.5) is 13.2 Å². The molecule has 21 heavy (non-hydrogen) atoms. The number of alkyl halides is 3. The molecule has 0 N–H and O–H groups in total. The minimum atomic E-state index is -4.22. The minimum Gasteiger partial charge on any atom is -0.166 e. The van der Waals surface area contributed by atoms with Gasteiger partial charge in [-0.05, 0) is 11.8 Å². The third kappa shape index (κ3) is 4.87. The van der Waals surface area contributed by atoms with E-state index in [9.17, 15) is 13.2 Å². The summed E-state index contributed by atoms with van der Waals surface area (Å²) in [6.45, 7) is 4.53. The smallest absolute Gasteiger partial charge is 0.166 e. The van der Waals surface area contributed by atoms with Crippen molar-refractivity contribution in [2.24, 2.45) is 11.8 Å². The maximum Gasteiger partial charge on any atom is 0.416 e. The highest BCUT2D eigenvalue weighted by atomic mass is 28.3. The molecule has 0 spiro atoms. The molecule has 0 bridgehead atoms. The summed E-state index contributed by atoms with van der Waals surface area (Å²) in [4.78, 5) is 0. The average molecular weight is 313 g/mol. The van der Waals surface area contributed by atoms with Gasteiger partial charge in [0.2, 0.25) is 0 Å². The Morgan fingerprint density at radius 3 is 2.14 bits per heavy atom. The summed E-state index contributed by atoms with van der Waals surface area (Å²) in [6.07, 6.45) is 0.932. The highest BCUT2D eigenvalue weighted by molar-refractivity contribution is 6.73. The van der Waals surface area contributed by atoms with Gasteiger partial charge in [0.1, 0.15) is 0 Å². The monoisotopic (exact) mass is 313 g/mol. The van der Waals surface area contributed by atoms with E-state index in [1.54, 1.807) is 12.1 Å². The van der Waals surface area contributed by atoms with E-state index < -0.39 is 20.5 Å². The van der Waals surface area contributed by atoms with Crippen LogP contribution in [0, 0.1) is 11.8 Å². The lowest BCUT2D eigenvalue weighted by Gasteiger charge is -2.28. The van der Waals surface area contributed by atoms with Crippen LogP contribution in [0.5, 0.6) is 0 Å². The summed E-state index contributed by atoms with van der Waals surface area (Å²) in [7, 11) is -0.625. The fourth-order valence-corrected chi connectivity index (χ4v) is 6.05. The van der Waals surface area contributed by atoms with E-state index in [4.69, 9.17) is 0 Å². The zero-order chi connectivity index (χ0) is 15.5. The van der Waals surface area contributed by atoms with E-state index in [1.807, 2.05) is 0 Å². The molecule has 2 rings (SSSR count). The molecule has 0 amide bonds. The van der Waals surface area contributed by atoms with E-state index in [1.165, 1.54) is 55.1 Å². The lowest BCUT2D eigenvalue weighted by atomic mass is 9.93. The molecule has 0 aliphatic carbocycles. The Labute approximate surface area is 127 Å². The van der Waals surface area contributed by atoms with Crippen molar-refractivity contribution in [1.29, 1.82) is 0 Å². The van der Waals surface area contributed by atoms with Gasteiger partial charge in [-0.2, -0.15) is 13.2 Å². The largest absolute Gasteiger partial charge is 0.416 e. The molecule has 1 aliphatic rings. The van der Waals surface area contributed by atoms with E-state index in [-0.39, 0.29) is 0 Å². The van der Waals surface area contributed by atoms with E-state index in [0.29, 0.717) is 0 Å². The van der Waals surface area contributed by atoms with Crippen LogP contribution in [0.1, 0.15) is 45.1 Å². The molecule has 1 aromatic carbocycles. The molecule has 4 heteroatoms. The lowest BCUT2D eigenvalue weighted by Crippen LogP contribution is -2.34. The first kappa shape index (κ1) is 16.6. The Hall–Kier alpha value is -0.773. The van der Waals surface area contributed by atoms with Gasteiger partial charge in [0.25, 0.3) is 0 Å². The lowest BCUT2D eigenvalue weighted by molar-refractivity contribution is -0.137. The van der Waals surface area contributed by atoms with Crippen molar-refractivity contribution in [3.8, 4) is 0 Å². The first-order chi connectivity index (χ1) is 9.86. The highest BCUT2D eigenvalue weighted by Crippen LogP contribution is 2.31. The number of hydrogen-bond acceptors (Lipinski definition) is 0. The van der Waals surface area contributed by atoms with E-state index in [2.05, 4.69) is 13.8 Å². The van der Waals surface area contributed by atoms with Crippen LogP contribution in [0.2, 0.25) is 12.1 Å². The zero-order valence-corrected chi connectivity index (χ0v) is 13.8. The van der Waals surface area contributed by atoms with Crippen molar-refractivity contribution in [3.63, 3.8) is 0 Å². The van der Waals surface area contributed by atoms with Crippen molar-refractivity contribution in [3.05, 3.63) is 29.8 Å². The van der Waals surface area contributed by atoms with Crippen LogP contribution in [0.15, 0.2) is 24.3 Å². The number of rotatable bonds is 4. The van der Waals surface area contributed by atoms with Gasteiger partial charge in [0.15, 0.2) is 0 Å². The molecule has 1 aliphatic heterocycles. The molecule has 117 valence electrons. The van der Waals surface area contributed by atoms with Crippen LogP contribution in [-0.2, 0) is 6.18 Å². The molecular formula is C17H24F3Si. The van der Waals surface area contributed by atoms with E-state index >= 15 is 0 Å². The molecule has 0 aromatic heterocycles. The molecule has 0 nitrogen and oxygen atoms in total. The molecular weight excluding hydrogens is 289 g/mol. The minimum absolute atomic E-state index is 0.528. The number of benzene rings is 1. The maximum atomic E-state index is 12.6. The Balaban J connectivity index is 1.87. The Morgan fingerprint density at radius 2 is 1.67 bits per heavy atom. The molecule has 0 saturated carbocycles. The number of hydrogen-bond donors (Lipinski definition) is 0. The van der Waals surface area contributed by atoms with Gasteiger partial charge in [0, 0.05) is 0 Å². The fourth-order valence-electron chi connectivity index (χ4n) is 3.07. The van der Waals surface area contributed by atoms with Crippen molar-refractivity contribution < 1.29 is 13.2 Å². The van der Waals surface area contributed by atoms with Crippen molar-refractivity contribution in [2.45, 2.75) is 57.8 Å². The second-order valence-electron chi connectivity index (χ2n) is 6.59. The molecule has 0 unspecified atom stereocenters. The van der Waals surface area contributed by atoms with Gasteiger partial charge in [-0.25, -0.2) is 0 Å². The van der Waals surface area contributed by atoms with Gasteiger partial charge < -0.3 is 0 Å². The van der Waals surface area contributed by atoms with Crippen molar-refractivity contribution in [1.82, 2.24) is 0 Å². The molecule has 1 aromatic rings. The summed E-state index contributed by atoms with van der Waals surface area (Å²) in [5.74, 6) is 1.61. The number of halogens is 3. The third-order valence-electron chi connectivity index (χ3n) is 4.48. The second-order valence-corrected chi connectivity index (χ2v) is 9.38. The van der Waals surface area contributed by atoms with Crippen LogP contribution in [-0.4, -0.2) is 8.80 Å². The predicted octanol–water partition coefficient (Wildman–Crippen LogP) is 5.25. The third-order valence-corrected chi connectivity index (χ3v) is 7.42. The average Bonchev–Trinajstić information content (AvgIpc) is 2.45. The summed E-state index contributed by atoms with van der Waals surface area (Å²) >= 11 is 0. The molecule has 1 heterocycles. The first-order valence-corrected chi connectivity index (χ1v) is 9.80. The van der Waals surface area contributed by atoms with Crippen LogP contribution >= 0.6 is 0 Å². The second kappa shape index (κ2) is 6.99. The van der Waals surface area contributed by atoms with Gasteiger partial charge in [0.05, 0.1) is 14.4 Å². The van der Waals surface area contributed by atoms with Crippen molar-refractivity contribution >= 4 is 14.0 Å². The predicted molar refractivity (Wildman–Crippen MR) is 83.2 cm³/mol. The van der Waals surface area contributed by atoms with E-state index in [0.717, 1.165) is 11.8 Å². The fraction of sp³-hybridized carbons (Fsp3) is 0.647. The Bertz CT molecular complexity index is 428. The molecule has 1 radical (unpaired) electrons. The molecule has 1 saturated heterocycles. The Morgan fingerprint density at radius 1 is 1.10 bits per heavy atom. The van der Waals surface area contributed by atoms with Crippen LogP contribution in [0.3, 0.4) is 0 Å². The topological polar surface area (TPSA) is 0 Å². The molecule has 1 fully saturated rings. The summed E-state index contributed by atoms with van der Waals surface area (Å²) in [6, 6.07) is 8.37. The normalized spacial score (nSPS) is 18.4. The van der Waals surface area contributed by atoms with Gasteiger partial charge in [-0.15, -0.1) is 0 Å². The van der Waals surface area contributed by atoms with Crippen LogP contribution < -0.4 is 5.19 Å². The Kier molecular flexibility index (Phi) is 5.52. The zero-order valence-electron chi connectivity index (χ0n) is 12.8. The SMILES string of the molecule is CC(C)CCC1CC[Si](c2ccc(C(F)(F)F)cc2)CC1. The summed E-state index contributed by atoms with van der Waals surface area (Å²) in [5, 5.41) is 1.18. The molecule has 0 atom stereocenters. The maximum absolute atomic E-state index is 12.6. The van der Waals surface area contributed by atoms with Gasteiger partial charge >= 0.3 is 6.18 Å².